The summed E-state index contributed by atoms with van der Waals surface area (Å²) in [5.41, 5.74) is 1.41. The van der Waals surface area contributed by atoms with Crippen LogP contribution in [0.15, 0.2) is 42.0 Å². The Morgan fingerprint density at radius 3 is 2.24 bits per heavy atom. The van der Waals surface area contributed by atoms with Crippen LogP contribution in [-0.2, 0) is 19.8 Å². The lowest BCUT2D eigenvalue weighted by atomic mass is 9.71. The van der Waals surface area contributed by atoms with Crippen LogP contribution >= 0.6 is 0 Å². The first kappa shape index (κ1) is 27.6. The van der Waals surface area contributed by atoms with Crippen molar-refractivity contribution in [3.63, 3.8) is 0 Å². The Balaban J connectivity index is 2.05. The molecule has 0 radical (unpaired) electrons. The summed E-state index contributed by atoms with van der Waals surface area (Å²) in [6, 6.07) is 9.79. The highest BCUT2D eigenvalue weighted by molar-refractivity contribution is 5.93. The summed E-state index contributed by atoms with van der Waals surface area (Å²) in [7, 11) is 1.74. The molecule has 188 valence electrons. The summed E-state index contributed by atoms with van der Waals surface area (Å²) in [5.74, 6) is -0.362. The molecule has 1 N–H and O–H groups in total. The van der Waals surface area contributed by atoms with Crippen molar-refractivity contribution in [1.29, 1.82) is 0 Å². The molecule has 2 rings (SSSR count). The molecule has 3 amide bonds. The van der Waals surface area contributed by atoms with Gasteiger partial charge in [0.25, 0.3) is 0 Å². The topological polar surface area (TPSA) is 69.7 Å². The predicted molar refractivity (Wildman–Crippen MR) is 137 cm³/mol. The maximum absolute atomic E-state index is 13.1. The fourth-order valence-electron chi connectivity index (χ4n) is 4.92. The largest absolute Gasteiger partial charge is 0.347 e. The normalized spacial score (nSPS) is 16.4. The molecule has 1 aromatic rings. The zero-order chi connectivity index (χ0) is 25.5. The van der Waals surface area contributed by atoms with Gasteiger partial charge in [-0.3, -0.25) is 14.4 Å². The summed E-state index contributed by atoms with van der Waals surface area (Å²) >= 11 is 0. The van der Waals surface area contributed by atoms with Crippen LogP contribution in [-0.4, -0.2) is 60.2 Å². The van der Waals surface area contributed by atoms with Crippen LogP contribution in [0.25, 0.3) is 0 Å². The van der Waals surface area contributed by atoms with E-state index in [1.54, 1.807) is 11.9 Å². The molecule has 1 aromatic carbocycles. The van der Waals surface area contributed by atoms with Crippen LogP contribution in [0.3, 0.4) is 0 Å². The number of carbonyl (C=O) groups excluding carboxylic acids is 3. The van der Waals surface area contributed by atoms with Crippen molar-refractivity contribution in [3.8, 4) is 0 Å². The van der Waals surface area contributed by atoms with E-state index in [9.17, 15) is 14.4 Å². The van der Waals surface area contributed by atoms with Crippen molar-refractivity contribution in [3.05, 3.63) is 47.5 Å². The van der Waals surface area contributed by atoms with Crippen LogP contribution in [0, 0.1) is 11.8 Å². The molecule has 34 heavy (non-hydrogen) atoms. The molecule has 0 saturated carbocycles. The summed E-state index contributed by atoms with van der Waals surface area (Å²) in [5, 5.41) is 2.88. The van der Waals surface area contributed by atoms with Gasteiger partial charge in [-0.05, 0) is 37.7 Å². The van der Waals surface area contributed by atoms with Gasteiger partial charge in [0.15, 0.2) is 0 Å². The van der Waals surface area contributed by atoms with Gasteiger partial charge in [-0.25, -0.2) is 0 Å². The van der Waals surface area contributed by atoms with E-state index in [1.807, 2.05) is 69.0 Å². The van der Waals surface area contributed by atoms with Crippen LogP contribution in [0.2, 0.25) is 0 Å². The molecule has 0 unspecified atom stereocenters. The van der Waals surface area contributed by atoms with Crippen molar-refractivity contribution in [2.24, 2.45) is 11.8 Å². The monoisotopic (exact) mass is 469 g/mol. The number of amides is 3. The number of nitrogens with zero attached hydrogens (tertiary/aromatic N) is 2. The van der Waals surface area contributed by atoms with Crippen molar-refractivity contribution in [2.45, 2.75) is 72.3 Å². The molecule has 6 nitrogen and oxygen atoms in total. The van der Waals surface area contributed by atoms with E-state index in [2.05, 4.69) is 19.2 Å². The summed E-state index contributed by atoms with van der Waals surface area (Å²) in [6.07, 6.45) is 4.67. The average molecular weight is 470 g/mol. The van der Waals surface area contributed by atoms with Gasteiger partial charge in [0, 0.05) is 37.0 Å². The molecule has 1 aliphatic heterocycles. The number of nitrogens with one attached hydrogen (secondary N) is 1. The van der Waals surface area contributed by atoms with Gasteiger partial charge in [0.05, 0.1) is 12.6 Å². The van der Waals surface area contributed by atoms with Gasteiger partial charge in [-0.1, -0.05) is 71.0 Å². The van der Waals surface area contributed by atoms with E-state index in [1.165, 1.54) is 0 Å². The molecule has 0 aromatic heterocycles. The second kappa shape index (κ2) is 12.2. The molecule has 0 spiro atoms. The SMILES string of the molecule is CC[C@H](C(=O)NCC(=O)N(C)[C@H](/C=C(\C)C(=O)N1CCCC1)C(C)C)C(C)(C)c1ccccc1. The zero-order valence-corrected chi connectivity index (χ0v) is 22.1. The smallest absolute Gasteiger partial charge is 0.249 e. The maximum atomic E-state index is 13.1. The molecule has 1 fully saturated rings. The lowest BCUT2D eigenvalue weighted by Gasteiger charge is -2.34. The van der Waals surface area contributed by atoms with Crippen LogP contribution in [0.4, 0.5) is 0 Å². The Bertz CT molecular complexity index is 870. The number of likely N-dealkylation sites (N-methyl/N-ethyl adjacent to an activating group) is 1. The quantitative estimate of drug-likeness (QED) is 0.523. The van der Waals surface area contributed by atoms with Crippen molar-refractivity contribution < 1.29 is 14.4 Å². The minimum Gasteiger partial charge on any atom is -0.347 e. The van der Waals surface area contributed by atoms with E-state index in [-0.39, 0.29) is 47.6 Å². The second-order valence-corrected chi connectivity index (χ2v) is 10.4. The van der Waals surface area contributed by atoms with E-state index in [0.29, 0.717) is 12.0 Å². The second-order valence-electron chi connectivity index (χ2n) is 10.4. The third-order valence-electron chi connectivity index (χ3n) is 7.20. The Morgan fingerprint density at radius 2 is 1.71 bits per heavy atom. The van der Waals surface area contributed by atoms with Gasteiger partial charge >= 0.3 is 0 Å². The van der Waals surface area contributed by atoms with Crippen molar-refractivity contribution in [2.75, 3.05) is 26.7 Å². The number of benzene rings is 1. The molecule has 2 atom stereocenters. The molecule has 6 heteroatoms. The molecule has 0 aliphatic carbocycles. The zero-order valence-electron chi connectivity index (χ0n) is 22.1. The highest BCUT2D eigenvalue weighted by Crippen LogP contribution is 2.33. The van der Waals surface area contributed by atoms with E-state index >= 15 is 0 Å². The highest BCUT2D eigenvalue weighted by atomic mass is 16.2. The third kappa shape index (κ3) is 6.71. The molecular weight excluding hydrogens is 426 g/mol. The molecular formula is C28H43N3O3. The number of carbonyl (C=O) groups is 3. The molecule has 1 aliphatic rings. The van der Waals surface area contributed by atoms with E-state index in [0.717, 1.165) is 31.5 Å². The van der Waals surface area contributed by atoms with Gasteiger partial charge < -0.3 is 15.1 Å². The summed E-state index contributed by atoms with van der Waals surface area (Å²) in [4.78, 5) is 42.4. The minimum absolute atomic E-state index is 0.0474. The fraction of sp³-hybridized carbons (Fsp3) is 0.607. The highest BCUT2D eigenvalue weighted by Gasteiger charge is 2.35. The van der Waals surface area contributed by atoms with Gasteiger partial charge in [-0.2, -0.15) is 0 Å². The van der Waals surface area contributed by atoms with E-state index < -0.39 is 0 Å². The first-order valence-corrected chi connectivity index (χ1v) is 12.6. The Hall–Kier alpha value is -2.63. The summed E-state index contributed by atoms with van der Waals surface area (Å²) < 4.78 is 0. The number of hydrogen-bond acceptors (Lipinski definition) is 3. The minimum atomic E-state index is -0.356. The molecule has 1 heterocycles. The third-order valence-corrected chi connectivity index (χ3v) is 7.20. The average Bonchev–Trinajstić information content (AvgIpc) is 3.35. The van der Waals surface area contributed by atoms with Gasteiger partial charge in [-0.15, -0.1) is 0 Å². The van der Waals surface area contributed by atoms with Gasteiger partial charge in [0.2, 0.25) is 17.7 Å². The van der Waals surface area contributed by atoms with Crippen LogP contribution in [0.1, 0.15) is 66.4 Å². The number of rotatable bonds is 10. The Labute approximate surface area is 205 Å². The number of likely N-dealkylation sites (tertiary alicyclic amines) is 1. The molecule has 1 saturated heterocycles. The van der Waals surface area contributed by atoms with Crippen molar-refractivity contribution >= 4 is 17.7 Å². The standard InChI is InChI=1S/C28H43N3O3/c1-8-23(28(5,6)22-14-10-9-11-15-22)26(33)29-19-25(32)30(7)24(20(2)3)18-21(4)27(34)31-16-12-13-17-31/h9-11,14-15,18,20,23-24H,8,12-13,16-17,19H2,1-7H3,(H,29,33)/b21-18+/t23-,24-/m1/s1. The first-order chi connectivity index (χ1) is 16.0. The van der Waals surface area contributed by atoms with Crippen molar-refractivity contribution in [1.82, 2.24) is 15.1 Å². The Kier molecular flexibility index (Phi) is 9.90. The van der Waals surface area contributed by atoms with Gasteiger partial charge in [0.1, 0.15) is 0 Å². The fourth-order valence-corrected chi connectivity index (χ4v) is 4.92. The maximum Gasteiger partial charge on any atom is 0.249 e. The predicted octanol–water partition coefficient (Wildman–Crippen LogP) is 4.16. The lowest BCUT2D eigenvalue weighted by molar-refractivity contribution is -0.135. The number of hydrogen-bond donors (Lipinski definition) is 1. The molecule has 0 bridgehead atoms. The summed E-state index contributed by atoms with van der Waals surface area (Å²) in [6.45, 7) is 13.6. The Morgan fingerprint density at radius 1 is 1.12 bits per heavy atom. The van der Waals surface area contributed by atoms with Crippen LogP contribution < -0.4 is 5.32 Å². The lowest BCUT2D eigenvalue weighted by Crippen LogP contribution is -2.48. The van der Waals surface area contributed by atoms with Crippen LogP contribution in [0.5, 0.6) is 0 Å². The first-order valence-electron chi connectivity index (χ1n) is 12.6. The van der Waals surface area contributed by atoms with E-state index in [4.69, 9.17) is 0 Å².